The minimum atomic E-state index is -3.75. The van der Waals surface area contributed by atoms with Gasteiger partial charge in [-0.1, -0.05) is 24.3 Å². The van der Waals surface area contributed by atoms with Crippen LogP contribution in [-0.2, 0) is 21.3 Å². The van der Waals surface area contributed by atoms with Gasteiger partial charge in [-0.25, -0.2) is 8.42 Å². The molecule has 3 heterocycles. The normalized spacial score (nSPS) is 19.7. The summed E-state index contributed by atoms with van der Waals surface area (Å²) in [6.07, 6.45) is 2.26. The lowest BCUT2D eigenvalue weighted by molar-refractivity contribution is 0.0955. The van der Waals surface area contributed by atoms with Gasteiger partial charge in [0, 0.05) is 35.5 Å². The van der Waals surface area contributed by atoms with Crippen molar-refractivity contribution in [3.05, 3.63) is 59.4 Å². The third-order valence-electron chi connectivity index (χ3n) is 6.25. The van der Waals surface area contributed by atoms with Gasteiger partial charge < -0.3 is 9.30 Å². The Kier molecular flexibility index (Phi) is 4.48. The standard InChI is InChI=1S/C23H24N2O4S/c1-15-12-19(16(2)24(15)13-18-8-5-11-29-18)21(26)14-25-20-9-3-6-17-7-4-10-22(23(17)20)30(25,27)28/h3-4,6-7,9-10,12,18H,5,8,11,13-14H2,1-2H3/t18-/m0/s1. The molecule has 1 saturated heterocycles. The van der Waals surface area contributed by atoms with E-state index in [1.165, 1.54) is 4.31 Å². The van der Waals surface area contributed by atoms with Crippen LogP contribution < -0.4 is 4.31 Å². The van der Waals surface area contributed by atoms with E-state index in [1.807, 2.05) is 38.1 Å². The fourth-order valence-electron chi connectivity index (χ4n) is 4.70. The predicted octanol–water partition coefficient (Wildman–Crippen LogP) is 3.83. The highest BCUT2D eigenvalue weighted by Crippen LogP contribution is 2.42. The van der Waals surface area contributed by atoms with E-state index in [9.17, 15) is 13.2 Å². The number of benzene rings is 2. The number of ether oxygens (including phenoxy) is 1. The second-order valence-electron chi connectivity index (χ2n) is 8.10. The predicted molar refractivity (Wildman–Crippen MR) is 116 cm³/mol. The largest absolute Gasteiger partial charge is 0.376 e. The zero-order chi connectivity index (χ0) is 21.0. The van der Waals surface area contributed by atoms with Gasteiger partial charge in [0.1, 0.15) is 0 Å². The molecule has 1 fully saturated rings. The van der Waals surface area contributed by atoms with Crippen molar-refractivity contribution in [3.8, 4) is 0 Å². The summed E-state index contributed by atoms with van der Waals surface area (Å²) in [5, 5.41) is 1.55. The molecule has 0 amide bonds. The number of sulfonamides is 1. The molecule has 1 atom stereocenters. The third-order valence-corrected chi connectivity index (χ3v) is 8.05. The van der Waals surface area contributed by atoms with Crippen LogP contribution in [0.3, 0.4) is 0 Å². The van der Waals surface area contributed by atoms with E-state index >= 15 is 0 Å². The first-order chi connectivity index (χ1) is 14.4. The molecule has 0 unspecified atom stereocenters. The third kappa shape index (κ3) is 2.87. The lowest BCUT2D eigenvalue weighted by Gasteiger charge is -2.18. The van der Waals surface area contributed by atoms with Crippen LogP contribution in [0, 0.1) is 13.8 Å². The molecule has 0 N–H and O–H groups in total. The van der Waals surface area contributed by atoms with Crippen LogP contribution in [0.25, 0.3) is 10.8 Å². The van der Waals surface area contributed by atoms with E-state index in [-0.39, 0.29) is 23.3 Å². The second kappa shape index (κ2) is 6.96. The maximum Gasteiger partial charge on any atom is 0.265 e. The van der Waals surface area contributed by atoms with E-state index < -0.39 is 10.0 Å². The fraction of sp³-hybridized carbons (Fsp3) is 0.348. The van der Waals surface area contributed by atoms with E-state index in [0.717, 1.165) is 42.8 Å². The Morgan fingerprint density at radius 3 is 2.67 bits per heavy atom. The van der Waals surface area contributed by atoms with Gasteiger partial charge in [-0.3, -0.25) is 9.10 Å². The maximum absolute atomic E-state index is 13.2. The highest BCUT2D eigenvalue weighted by molar-refractivity contribution is 7.93. The lowest BCUT2D eigenvalue weighted by atomic mass is 10.1. The van der Waals surface area contributed by atoms with Crippen LogP contribution in [0.4, 0.5) is 5.69 Å². The van der Waals surface area contributed by atoms with Crippen molar-refractivity contribution < 1.29 is 17.9 Å². The van der Waals surface area contributed by atoms with E-state index in [1.54, 1.807) is 18.2 Å². The highest BCUT2D eigenvalue weighted by Gasteiger charge is 2.37. The first-order valence-electron chi connectivity index (χ1n) is 10.2. The van der Waals surface area contributed by atoms with E-state index in [0.29, 0.717) is 16.6 Å². The molecule has 2 aliphatic heterocycles. The molecule has 0 bridgehead atoms. The molecular formula is C23H24N2O4S. The second-order valence-corrected chi connectivity index (χ2v) is 9.93. The summed E-state index contributed by atoms with van der Waals surface area (Å²) < 4.78 is 35.4. The van der Waals surface area contributed by atoms with Gasteiger partial charge in [0.05, 0.1) is 23.2 Å². The number of ketones is 1. The van der Waals surface area contributed by atoms with Gasteiger partial charge in [0.2, 0.25) is 0 Å². The average molecular weight is 425 g/mol. The number of rotatable bonds is 5. The number of aromatic nitrogens is 1. The number of nitrogens with zero attached hydrogens (tertiary/aromatic N) is 2. The average Bonchev–Trinajstić information content (AvgIpc) is 3.39. The zero-order valence-corrected chi connectivity index (χ0v) is 17.9. The summed E-state index contributed by atoms with van der Waals surface area (Å²) in [7, 11) is -3.75. The van der Waals surface area contributed by atoms with Gasteiger partial charge >= 0.3 is 0 Å². The first kappa shape index (κ1) is 19.3. The van der Waals surface area contributed by atoms with Crippen LogP contribution in [0.5, 0.6) is 0 Å². The van der Waals surface area contributed by atoms with Gasteiger partial charge in [0.25, 0.3) is 10.0 Å². The van der Waals surface area contributed by atoms with Crippen molar-refractivity contribution in [2.45, 2.75) is 44.2 Å². The molecule has 30 heavy (non-hydrogen) atoms. The van der Waals surface area contributed by atoms with E-state index in [2.05, 4.69) is 4.57 Å². The minimum Gasteiger partial charge on any atom is -0.376 e. The number of carbonyl (C=O) groups excluding carboxylic acids is 1. The SMILES string of the molecule is Cc1cc(C(=O)CN2c3cccc4cccc(c34)S2(=O)=O)c(C)n1C[C@@H]1CCCO1. The quantitative estimate of drug-likeness (QED) is 0.584. The van der Waals surface area contributed by atoms with Crippen LogP contribution in [0.1, 0.15) is 34.6 Å². The number of hydrogen-bond acceptors (Lipinski definition) is 4. The van der Waals surface area contributed by atoms with Crippen LogP contribution in [0.15, 0.2) is 47.4 Å². The monoisotopic (exact) mass is 424 g/mol. The van der Waals surface area contributed by atoms with Gasteiger partial charge in [-0.05, 0) is 50.3 Å². The van der Waals surface area contributed by atoms with Crippen molar-refractivity contribution in [3.63, 3.8) is 0 Å². The molecule has 7 heteroatoms. The molecule has 1 aromatic heterocycles. The Labute approximate surface area is 176 Å². The first-order valence-corrected chi connectivity index (χ1v) is 11.7. The molecule has 0 aliphatic carbocycles. The number of carbonyl (C=O) groups is 1. The Hall–Kier alpha value is -2.64. The molecule has 0 radical (unpaired) electrons. The molecule has 0 saturated carbocycles. The summed E-state index contributed by atoms with van der Waals surface area (Å²) in [5.74, 6) is -0.199. The van der Waals surface area contributed by atoms with Crippen LogP contribution in [-0.4, -0.2) is 38.0 Å². The molecular weight excluding hydrogens is 400 g/mol. The summed E-state index contributed by atoms with van der Waals surface area (Å²) in [5.41, 5.74) is 3.00. The van der Waals surface area contributed by atoms with Gasteiger partial charge in [0.15, 0.2) is 5.78 Å². The molecule has 156 valence electrons. The van der Waals surface area contributed by atoms with Crippen molar-refractivity contribution in [2.24, 2.45) is 0 Å². The van der Waals surface area contributed by atoms with Crippen molar-refractivity contribution >= 4 is 32.3 Å². The summed E-state index contributed by atoms with van der Waals surface area (Å²) >= 11 is 0. The number of anilines is 1. The van der Waals surface area contributed by atoms with Crippen molar-refractivity contribution in [1.82, 2.24) is 4.57 Å². The molecule has 3 aromatic rings. The lowest BCUT2D eigenvalue weighted by Crippen LogP contribution is -2.33. The smallest absolute Gasteiger partial charge is 0.265 e. The Morgan fingerprint density at radius 1 is 1.17 bits per heavy atom. The van der Waals surface area contributed by atoms with Gasteiger partial charge in [-0.15, -0.1) is 0 Å². The van der Waals surface area contributed by atoms with Crippen LogP contribution >= 0.6 is 0 Å². The van der Waals surface area contributed by atoms with E-state index in [4.69, 9.17) is 4.74 Å². The Balaban J connectivity index is 1.47. The molecule has 0 spiro atoms. The summed E-state index contributed by atoms with van der Waals surface area (Å²) in [6, 6.07) is 12.6. The molecule has 6 nitrogen and oxygen atoms in total. The van der Waals surface area contributed by atoms with Crippen molar-refractivity contribution in [2.75, 3.05) is 17.5 Å². The molecule has 2 aliphatic rings. The number of hydrogen-bond donors (Lipinski definition) is 0. The van der Waals surface area contributed by atoms with Gasteiger partial charge in [-0.2, -0.15) is 0 Å². The Bertz CT molecular complexity index is 1260. The zero-order valence-electron chi connectivity index (χ0n) is 17.1. The number of aryl methyl sites for hydroxylation is 1. The Morgan fingerprint density at radius 2 is 1.93 bits per heavy atom. The number of Topliss-reactive ketones (excluding diaryl/α,β-unsaturated/α-hetero) is 1. The molecule has 2 aromatic carbocycles. The summed E-state index contributed by atoms with van der Waals surface area (Å²) in [4.78, 5) is 13.5. The van der Waals surface area contributed by atoms with Crippen LogP contribution in [0.2, 0.25) is 0 Å². The van der Waals surface area contributed by atoms with Crippen molar-refractivity contribution in [1.29, 1.82) is 0 Å². The minimum absolute atomic E-state index is 0.170. The maximum atomic E-state index is 13.2. The fourth-order valence-corrected chi connectivity index (χ4v) is 6.37. The molecule has 5 rings (SSSR count). The topological polar surface area (TPSA) is 68.6 Å². The highest BCUT2D eigenvalue weighted by atomic mass is 32.2. The summed E-state index contributed by atoms with van der Waals surface area (Å²) in [6.45, 7) is 5.19.